The summed E-state index contributed by atoms with van der Waals surface area (Å²) in [4.78, 5) is 37.5. The van der Waals surface area contributed by atoms with Crippen molar-refractivity contribution in [1.29, 1.82) is 0 Å². The molecule has 1 fully saturated rings. The molecular formula is C28H30O11. The maximum atomic E-state index is 13.8. The van der Waals surface area contributed by atoms with Gasteiger partial charge in [0, 0.05) is 43.5 Å². The van der Waals surface area contributed by atoms with E-state index in [4.69, 9.17) is 18.6 Å². The van der Waals surface area contributed by atoms with Crippen LogP contribution in [0.3, 0.4) is 0 Å². The van der Waals surface area contributed by atoms with Gasteiger partial charge in [-0.05, 0) is 30.7 Å². The van der Waals surface area contributed by atoms with Gasteiger partial charge in [-0.25, -0.2) is 0 Å². The Morgan fingerprint density at radius 2 is 1.54 bits per heavy atom. The maximum Gasteiger partial charge on any atom is 0.303 e. The number of phenolic OH excluding ortho intramolecular Hbond substituents is 3. The summed E-state index contributed by atoms with van der Waals surface area (Å²) in [5.41, 5.74) is -0.285. The van der Waals surface area contributed by atoms with E-state index in [1.807, 2.05) is 6.92 Å². The summed E-state index contributed by atoms with van der Waals surface area (Å²) < 4.78 is 22.9. The van der Waals surface area contributed by atoms with Gasteiger partial charge in [0.25, 0.3) is 0 Å². The molecule has 11 heteroatoms. The van der Waals surface area contributed by atoms with Crippen LogP contribution in [-0.2, 0) is 30.2 Å². The number of ether oxygens (including phenoxy) is 3. The fourth-order valence-corrected chi connectivity index (χ4v) is 4.92. The Bertz CT molecular complexity index is 1430. The van der Waals surface area contributed by atoms with E-state index in [0.29, 0.717) is 18.4 Å². The SMILES string of the molecule is CCC[C@@H]1OC(Cc2c(-c3ccc(O)cc3)oc3cc(O)cc(O)c3c2=O)[C@H](OC(C)=O)[C@H](O)C1OC(C)=O. The van der Waals surface area contributed by atoms with Gasteiger partial charge in [0.15, 0.2) is 17.6 Å². The predicted molar refractivity (Wildman–Crippen MR) is 137 cm³/mol. The van der Waals surface area contributed by atoms with Crippen LogP contribution in [0.4, 0.5) is 0 Å². The third-order valence-electron chi connectivity index (χ3n) is 6.52. The largest absolute Gasteiger partial charge is 0.508 e. The highest BCUT2D eigenvalue weighted by Gasteiger charge is 2.49. The smallest absolute Gasteiger partial charge is 0.303 e. The first kappa shape index (κ1) is 27.9. The molecule has 1 aliphatic rings. The average molecular weight is 543 g/mol. The van der Waals surface area contributed by atoms with Crippen molar-refractivity contribution in [2.75, 3.05) is 0 Å². The van der Waals surface area contributed by atoms with Crippen LogP contribution in [0.5, 0.6) is 17.2 Å². The number of esters is 2. The van der Waals surface area contributed by atoms with E-state index in [1.165, 1.54) is 37.3 Å². The zero-order valence-corrected chi connectivity index (χ0v) is 21.6. The second-order valence-corrected chi connectivity index (χ2v) is 9.47. The van der Waals surface area contributed by atoms with E-state index in [9.17, 15) is 34.8 Å². The first-order chi connectivity index (χ1) is 18.5. The Kier molecular flexibility index (Phi) is 8.12. The van der Waals surface area contributed by atoms with Crippen molar-refractivity contribution in [2.45, 2.75) is 70.6 Å². The molecule has 1 saturated heterocycles. The minimum Gasteiger partial charge on any atom is -0.508 e. The number of hydrogen-bond acceptors (Lipinski definition) is 11. The van der Waals surface area contributed by atoms with Crippen LogP contribution in [0.1, 0.15) is 39.2 Å². The van der Waals surface area contributed by atoms with E-state index >= 15 is 0 Å². The Hall–Kier alpha value is -4.09. The minimum atomic E-state index is -1.46. The van der Waals surface area contributed by atoms with Gasteiger partial charge in [0.05, 0.1) is 6.10 Å². The number of fused-ring (bicyclic) bond motifs is 1. The van der Waals surface area contributed by atoms with E-state index in [2.05, 4.69) is 0 Å². The first-order valence-electron chi connectivity index (χ1n) is 12.5. The third kappa shape index (κ3) is 5.84. The molecular weight excluding hydrogens is 512 g/mol. The summed E-state index contributed by atoms with van der Waals surface area (Å²) in [5.74, 6) is -2.15. The number of benzene rings is 2. The van der Waals surface area contributed by atoms with Crippen molar-refractivity contribution in [3.05, 3.63) is 52.2 Å². The molecule has 0 saturated carbocycles. The van der Waals surface area contributed by atoms with Crippen molar-refractivity contribution < 1.29 is 48.6 Å². The summed E-state index contributed by atoms with van der Waals surface area (Å²) in [5, 5.41) is 41.2. The number of rotatable bonds is 7. The van der Waals surface area contributed by atoms with Crippen LogP contribution in [0, 0.1) is 0 Å². The third-order valence-corrected chi connectivity index (χ3v) is 6.52. The summed E-state index contributed by atoms with van der Waals surface area (Å²) in [6.45, 7) is 4.23. The highest BCUT2D eigenvalue weighted by molar-refractivity contribution is 5.87. The molecule has 2 aromatic carbocycles. The van der Waals surface area contributed by atoms with Crippen molar-refractivity contribution in [3.8, 4) is 28.6 Å². The van der Waals surface area contributed by atoms with Crippen LogP contribution >= 0.6 is 0 Å². The summed E-state index contributed by atoms with van der Waals surface area (Å²) in [7, 11) is 0. The normalized spacial score (nSPS) is 22.9. The van der Waals surface area contributed by atoms with Crippen LogP contribution in [-0.4, -0.2) is 62.9 Å². The Balaban J connectivity index is 1.87. The first-order valence-corrected chi connectivity index (χ1v) is 12.5. The molecule has 2 heterocycles. The molecule has 4 N–H and O–H groups in total. The molecule has 3 aromatic rings. The second kappa shape index (κ2) is 11.3. The molecule has 2 unspecified atom stereocenters. The van der Waals surface area contributed by atoms with Gasteiger partial charge in [-0.3, -0.25) is 14.4 Å². The van der Waals surface area contributed by atoms with Gasteiger partial charge in [-0.1, -0.05) is 13.3 Å². The molecule has 0 radical (unpaired) electrons. The number of phenols is 3. The number of carbonyl (C=O) groups excluding carboxylic acids is 2. The zero-order valence-electron chi connectivity index (χ0n) is 21.6. The van der Waals surface area contributed by atoms with Crippen LogP contribution < -0.4 is 5.43 Å². The Labute approximate surface area is 223 Å². The molecule has 39 heavy (non-hydrogen) atoms. The predicted octanol–water partition coefficient (Wildman–Crippen LogP) is 2.91. The summed E-state index contributed by atoms with van der Waals surface area (Å²) in [6, 6.07) is 8.02. The lowest BCUT2D eigenvalue weighted by molar-refractivity contribution is -0.240. The lowest BCUT2D eigenvalue weighted by Crippen LogP contribution is -2.60. The molecule has 4 rings (SSSR count). The van der Waals surface area contributed by atoms with Gasteiger partial charge >= 0.3 is 11.9 Å². The van der Waals surface area contributed by atoms with Crippen molar-refractivity contribution >= 4 is 22.9 Å². The number of hydrogen-bond donors (Lipinski definition) is 4. The Morgan fingerprint density at radius 1 is 0.923 bits per heavy atom. The van der Waals surface area contributed by atoms with Gasteiger partial charge < -0.3 is 39.1 Å². The summed E-state index contributed by atoms with van der Waals surface area (Å²) in [6.07, 6.45) is -4.91. The molecule has 0 amide bonds. The lowest BCUT2D eigenvalue weighted by atomic mass is 9.88. The van der Waals surface area contributed by atoms with Crippen LogP contribution in [0.25, 0.3) is 22.3 Å². The highest BCUT2D eigenvalue weighted by Crippen LogP contribution is 2.36. The molecule has 1 aliphatic heterocycles. The number of carbonyl (C=O) groups is 2. The standard InChI is InChI=1S/C28H30O11/c1-4-5-20-27(36-13(2)29)25(35)28(37-14(3)30)22(38-20)12-18-24(34)23-19(33)10-17(32)11-21(23)39-26(18)15-6-8-16(31)9-7-15/h6-11,20,22,25,27-28,31-33,35H,4-5,12H2,1-3H3/t20-,22?,25+,27?,28-/m0/s1. The average Bonchev–Trinajstić information content (AvgIpc) is 2.85. The molecule has 11 nitrogen and oxygen atoms in total. The fourth-order valence-electron chi connectivity index (χ4n) is 4.92. The topological polar surface area (TPSA) is 173 Å². The fraction of sp³-hybridized carbons (Fsp3) is 0.393. The second-order valence-electron chi connectivity index (χ2n) is 9.47. The minimum absolute atomic E-state index is 0.0219. The molecule has 0 aliphatic carbocycles. The van der Waals surface area contributed by atoms with Crippen molar-refractivity contribution in [3.63, 3.8) is 0 Å². The van der Waals surface area contributed by atoms with Crippen LogP contribution in [0.15, 0.2) is 45.6 Å². The van der Waals surface area contributed by atoms with Crippen molar-refractivity contribution in [1.82, 2.24) is 0 Å². The monoisotopic (exact) mass is 542 g/mol. The molecule has 5 atom stereocenters. The lowest BCUT2D eigenvalue weighted by Gasteiger charge is -2.43. The number of aliphatic hydroxyl groups excluding tert-OH is 1. The van der Waals surface area contributed by atoms with Crippen LogP contribution in [0.2, 0.25) is 0 Å². The quantitative estimate of drug-likeness (QED) is 0.323. The number of aromatic hydroxyl groups is 3. The molecule has 0 bridgehead atoms. The van der Waals surface area contributed by atoms with E-state index < -0.39 is 53.6 Å². The van der Waals surface area contributed by atoms with Crippen molar-refractivity contribution in [2.24, 2.45) is 0 Å². The number of aliphatic hydroxyl groups is 1. The summed E-state index contributed by atoms with van der Waals surface area (Å²) >= 11 is 0. The van der Waals surface area contributed by atoms with Gasteiger partial charge in [-0.2, -0.15) is 0 Å². The zero-order chi connectivity index (χ0) is 28.4. The molecule has 208 valence electrons. The molecule has 0 spiro atoms. The maximum absolute atomic E-state index is 13.8. The van der Waals surface area contributed by atoms with E-state index in [0.717, 1.165) is 13.0 Å². The van der Waals surface area contributed by atoms with Gasteiger partial charge in [0.1, 0.15) is 46.2 Å². The van der Waals surface area contributed by atoms with E-state index in [1.54, 1.807) is 0 Å². The highest BCUT2D eigenvalue weighted by atomic mass is 16.6. The van der Waals surface area contributed by atoms with Gasteiger partial charge in [-0.15, -0.1) is 0 Å². The van der Waals surface area contributed by atoms with E-state index in [-0.39, 0.29) is 40.2 Å². The molecule has 1 aromatic heterocycles. The Morgan fingerprint density at radius 3 is 2.13 bits per heavy atom. The van der Waals surface area contributed by atoms with Gasteiger partial charge in [0.2, 0.25) is 0 Å².